The zero-order valence-electron chi connectivity index (χ0n) is 8.42. The van der Waals surface area contributed by atoms with Gasteiger partial charge in [-0.1, -0.05) is 6.92 Å². The van der Waals surface area contributed by atoms with Crippen LogP contribution in [-0.2, 0) is 14.3 Å². The Labute approximate surface area is 88.5 Å². The normalized spacial score (nSPS) is 11.9. The Kier molecular flexibility index (Phi) is 7.20. The van der Waals surface area contributed by atoms with Crippen LogP contribution in [0.2, 0.25) is 0 Å². The van der Waals surface area contributed by atoms with Gasteiger partial charge in [-0.05, 0) is 13.3 Å². The van der Waals surface area contributed by atoms with Gasteiger partial charge in [-0.2, -0.15) is 0 Å². The largest absolute Gasteiger partial charge is 0.463 e. The van der Waals surface area contributed by atoms with E-state index in [1.807, 2.05) is 6.92 Å². The predicted molar refractivity (Wildman–Crippen MR) is 52.3 cm³/mol. The van der Waals surface area contributed by atoms with E-state index in [-0.39, 0.29) is 18.7 Å². The van der Waals surface area contributed by atoms with Gasteiger partial charge in [0, 0.05) is 24.4 Å². The van der Waals surface area contributed by atoms with Gasteiger partial charge in [0.1, 0.15) is 6.10 Å². The molecule has 0 aromatic rings. The van der Waals surface area contributed by atoms with Crippen LogP contribution in [0.4, 0.5) is 4.79 Å². The third-order valence-corrected chi connectivity index (χ3v) is 1.64. The highest BCUT2D eigenvalue weighted by atomic mass is 35.5. The molecular formula is C9H15ClO4. The quantitative estimate of drug-likeness (QED) is 0.512. The minimum atomic E-state index is -0.836. The smallest absolute Gasteiger partial charge is 0.403 e. The molecule has 0 aliphatic rings. The van der Waals surface area contributed by atoms with Crippen LogP contribution < -0.4 is 0 Å². The van der Waals surface area contributed by atoms with Gasteiger partial charge in [-0.3, -0.25) is 4.79 Å². The van der Waals surface area contributed by atoms with Crippen LogP contribution in [0.25, 0.3) is 0 Å². The number of esters is 1. The fourth-order valence-corrected chi connectivity index (χ4v) is 0.929. The van der Waals surface area contributed by atoms with Crippen LogP contribution in [0, 0.1) is 0 Å². The van der Waals surface area contributed by atoms with Crippen molar-refractivity contribution in [2.24, 2.45) is 0 Å². The zero-order chi connectivity index (χ0) is 11.0. The van der Waals surface area contributed by atoms with E-state index in [9.17, 15) is 9.59 Å². The first-order chi connectivity index (χ1) is 6.56. The maximum absolute atomic E-state index is 11.0. The number of ether oxygens (including phenoxy) is 2. The van der Waals surface area contributed by atoms with E-state index in [4.69, 9.17) is 16.3 Å². The Hall–Kier alpha value is -0.770. The van der Waals surface area contributed by atoms with Gasteiger partial charge >= 0.3 is 11.4 Å². The number of rotatable bonds is 6. The molecule has 0 saturated heterocycles. The summed E-state index contributed by atoms with van der Waals surface area (Å²) >= 11 is 4.95. The summed E-state index contributed by atoms with van der Waals surface area (Å²) in [6.07, 6.45) is 1.40. The third-order valence-electron chi connectivity index (χ3n) is 1.53. The minimum Gasteiger partial charge on any atom is -0.463 e. The monoisotopic (exact) mass is 222 g/mol. The molecule has 0 saturated carbocycles. The number of carbonyl (C=O) groups excluding carboxylic acids is 2. The van der Waals surface area contributed by atoms with Crippen molar-refractivity contribution in [1.29, 1.82) is 0 Å². The summed E-state index contributed by atoms with van der Waals surface area (Å²) in [6.45, 7) is 3.82. The highest BCUT2D eigenvalue weighted by Crippen LogP contribution is 2.02. The van der Waals surface area contributed by atoms with Crippen molar-refractivity contribution < 1.29 is 19.1 Å². The number of hydrogen-bond donors (Lipinski definition) is 0. The van der Waals surface area contributed by atoms with Gasteiger partial charge in [0.2, 0.25) is 0 Å². The van der Waals surface area contributed by atoms with Gasteiger partial charge in [-0.25, -0.2) is 4.79 Å². The molecule has 0 aliphatic carbocycles. The Morgan fingerprint density at radius 2 is 2.07 bits per heavy atom. The van der Waals surface area contributed by atoms with Crippen molar-refractivity contribution in [2.75, 3.05) is 6.61 Å². The van der Waals surface area contributed by atoms with E-state index in [1.54, 1.807) is 6.92 Å². The van der Waals surface area contributed by atoms with Crippen molar-refractivity contribution in [1.82, 2.24) is 0 Å². The Morgan fingerprint density at radius 1 is 1.43 bits per heavy atom. The highest BCUT2D eigenvalue weighted by molar-refractivity contribution is 6.61. The van der Waals surface area contributed by atoms with Crippen LogP contribution in [0.1, 0.15) is 33.1 Å². The Bertz CT molecular complexity index is 193. The maximum Gasteiger partial charge on any atom is 0.403 e. The molecule has 0 N–H and O–H groups in total. The van der Waals surface area contributed by atoms with Crippen LogP contribution in [0.3, 0.4) is 0 Å². The van der Waals surface area contributed by atoms with Crippen LogP contribution in [-0.4, -0.2) is 24.1 Å². The van der Waals surface area contributed by atoms with Gasteiger partial charge in [0.25, 0.3) is 0 Å². The number of carbonyl (C=O) groups is 2. The van der Waals surface area contributed by atoms with Crippen molar-refractivity contribution in [3.05, 3.63) is 0 Å². The van der Waals surface area contributed by atoms with Crippen LogP contribution in [0.15, 0.2) is 0 Å². The van der Waals surface area contributed by atoms with Crippen LogP contribution in [0.5, 0.6) is 0 Å². The molecule has 82 valence electrons. The van der Waals surface area contributed by atoms with Gasteiger partial charge in [0.05, 0.1) is 6.61 Å². The molecule has 0 aromatic carbocycles. The van der Waals surface area contributed by atoms with Crippen LogP contribution >= 0.6 is 11.6 Å². The van der Waals surface area contributed by atoms with E-state index in [2.05, 4.69) is 4.74 Å². The predicted octanol–water partition coefficient (Wildman–Crippen LogP) is 2.48. The zero-order valence-corrected chi connectivity index (χ0v) is 9.17. The SMILES string of the molecule is CCCC(=O)OC(C)CCOC(=O)Cl. The van der Waals surface area contributed by atoms with E-state index in [0.29, 0.717) is 12.8 Å². The number of hydrogen-bond acceptors (Lipinski definition) is 4. The summed E-state index contributed by atoms with van der Waals surface area (Å²) in [5, 5.41) is 0. The second-order valence-electron chi connectivity index (χ2n) is 2.93. The van der Waals surface area contributed by atoms with Gasteiger partial charge in [-0.15, -0.1) is 0 Å². The molecule has 5 heteroatoms. The molecule has 0 amide bonds. The van der Waals surface area contributed by atoms with Crippen molar-refractivity contribution in [2.45, 2.75) is 39.2 Å². The molecule has 4 nitrogen and oxygen atoms in total. The average Bonchev–Trinajstić information content (AvgIpc) is 2.03. The van der Waals surface area contributed by atoms with E-state index in [0.717, 1.165) is 6.42 Å². The fraction of sp³-hybridized carbons (Fsp3) is 0.778. The lowest BCUT2D eigenvalue weighted by molar-refractivity contribution is -0.148. The van der Waals surface area contributed by atoms with E-state index < -0.39 is 5.43 Å². The Balaban J connectivity index is 3.49. The van der Waals surface area contributed by atoms with E-state index in [1.165, 1.54) is 0 Å². The molecule has 0 spiro atoms. The Morgan fingerprint density at radius 3 is 2.57 bits per heavy atom. The summed E-state index contributed by atoms with van der Waals surface area (Å²) in [7, 11) is 0. The maximum atomic E-state index is 11.0. The second kappa shape index (κ2) is 7.62. The standard InChI is InChI=1S/C9H15ClO4/c1-3-4-8(11)14-7(2)5-6-13-9(10)12/h7H,3-6H2,1-2H3. The van der Waals surface area contributed by atoms with Gasteiger partial charge in [0.15, 0.2) is 0 Å². The summed E-state index contributed by atoms with van der Waals surface area (Å²) in [5.74, 6) is -0.225. The molecular weight excluding hydrogens is 208 g/mol. The molecule has 0 aromatic heterocycles. The van der Waals surface area contributed by atoms with E-state index >= 15 is 0 Å². The lowest BCUT2D eigenvalue weighted by atomic mass is 10.3. The first kappa shape index (κ1) is 13.2. The van der Waals surface area contributed by atoms with Crippen molar-refractivity contribution >= 4 is 23.0 Å². The lowest BCUT2D eigenvalue weighted by Gasteiger charge is -2.12. The fourth-order valence-electron chi connectivity index (χ4n) is 0.851. The summed E-state index contributed by atoms with van der Waals surface area (Å²) in [4.78, 5) is 21.2. The molecule has 0 radical (unpaired) electrons. The molecule has 0 bridgehead atoms. The van der Waals surface area contributed by atoms with Crippen molar-refractivity contribution in [3.63, 3.8) is 0 Å². The molecule has 0 rings (SSSR count). The van der Waals surface area contributed by atoms with Crippen molar-refractivity contribution in [3.8, 4) is 0 Å². The number of halogens is 1. The average molecular weight is 223 g/mol. The summed E-state index contributed by atoms with van der Waals surface area (Å²) < 4.78 is 9.49. The first-order valence-electron chi connectivity index (χ1n) is 4.58. The molecule has 1 unspecified atom stereocenters. The molecule has 0 aliphatic heterocycles. The topological polar surface area (TPSA) is 52.6 Å². The lowest BCUT2D eigenvalue weighted by Crippen LogP contribution is -2.16. The molecule has 14 heavy (non-hydrogen) atoms. The third kappa shape index (κ3) is 7.86. The minimum absolute atomic E-state index is 0.170. The summed E-state index contributed by atoms with van der Waals surface area (Å²) in [5.41, 5.74) is -0.836. The van der Waals surface area contributed by atoms with Gasteiger partial charge < -0.3 is 9.47 Å². The summed E-state index contributed by atoms with van der Waals surface area (Å²) in [6, 6.07) is 0. The second-order valence-corrected chi connectivity index (χ2v) is 3.23. The first-order valence-corrected chi connectivity index (χ1v) is 4.95. The molecule has 0 heterocycles. The molecule has 1 atom stereocenters. The molecule has 0 fully saturated rings. The highest BCUT2D eigenvalue weighted by Gasteiger charge is 2.08.